The number of rotatable bonds is 5. The standard InChI is InChI=1S/C21H19N3O3/c1-26-19-12-15(13-22)4-9-18(19)27-17-7-5-16(6-8-17)24-20(25)21(14-23)10-2-3-11-21/h4-9,12H,2-3,10-11H2,1H3,(H,24,25). The van der Waals surface area contributed by atoms with E-state index in [1.165, 1.54) is 7.11 Å². The molecule has 1 aliphatic rings. The third-order valence-corrected chi connectivity index (χ3v) is 4.74. The monoisotopic (exact) mass is 361 g/mol. The maximum atomic E-state index is 12.5. The van der Waals surface area contributed by atoms with Crippen molar-refractivity contribution in [1.29, 1.82) is 10.5 Å². The van der Waals surface area contributed by atoms with E-state index in [1.807, 2.05) is 0 Å². The van der Waals surface area contributed by atoms with Gasteiger partial charge in [0, 0.05) is 11.8 Å². The Morgan fingerprint density at radius 2 is 1.78 bits per heavy atom. The van der Waals surface area contributed by atoms with E-state index in [2.05, 4.69) is 17.5 Å². The summed E-state index contributed by atoms with van der Waals surface area (Å²) in [6.07, 6.45) is 3.02. The van der Waals surface area contributed by atoms with Crippen molar-refractivity contribution in [3.8, 4) is 29.4 Å². The molecule has 0 heterocycles. The molecule has 0 aliphatic heterocycles. The van der Waals surface area contributed by atoms with E-state index in [1.54, 1.807) is 42.5 Å². The minimum absolute atomic E-state index is 0.245. The van der Waals surface area contributed by atoms with Crippen molar-refractivity contribution >= 4 is 11.6 Å². The fourth-order valence-electron chi connectivity index (χ4n) is 3.17. The SMILES string of the molecule is COc1cc(C#N)ccc1Oc1ccc(NC(=O)C2(C#N)CCCC2)cc1. The van der Waals surface area contributed by atoms with Crippen molar-refractivity contribution in [3.63, 3.8) is 0 Å². The molecule has 1 aliphatic carbocycles. The van der Waals surface area contributed by atoms with Crippen LogP contribution in [0.3, 0.4) is 0 Å². The van der Waals surface area contributed by atoms with Crippen LogP contribution in [-0.4, -0.2) is 13.0 Å². The predicted molar refractivity (Wildman–Crippen MR) is 99.4 cm³/mol. The van der Waals surface area contributed by atoms with Gasteiger partial charge in [-0.2, -0.15) is 10.5 Å². The average Bonchev–Trinajstić information content (AvgIpc) is 3.20. The van der Waals surface area contributed by atoms with E-state index in [0.29, 0.717) is 41.3 Å². The quantitative estimate of drug-likeness (QED) is 0.852. The molecule has 0 radical (unpaired) electrons. The van der Waals surface area contributed by atoms with Gasteiger partial charge in [-0.05, 0) is 49.2 Å². The third-order valence-electron chi connectivity index (χ3n) is 4.74. The van der Waals surface area contributed by atoms with Gasteiger partial charge < -0.3 is 14.8 Å². The molecule has 27 heavy (non-hydrogen) atoms. The molecule has 0 bridgehead atoms. The molecule has 1 saturated carbocycles. The summed E-state index contributed by atoms with van der Waals surface area (Å²) in [7, 11) is 1.51. The van der Waals surface area contributed by atoms with Crippen LogP contribution in [0.25, 0.3) is 0 Å². The predicted octanol–water partition coefficient (Wildman–Crippen LogP) is 4.38. The summed E-state index contributed by atoms with van der Waals surface area (Å²) in [6.45, 7) is 0. The number of amides is 1. The molecule has 0 spiro atoms. The van der Waals surface area contributed by atoms with E-state index < -0.39 is 5.41 Å². The van der Waals surface area contributed by atoms with Crippen molar-refractivity contribution in [2.45, 2.75) is 25.7 Å². The maximum Gasteiger partial charge on any atom is 0.244 e. The smallest absolute Gasteiger partial charge is 0.244 e. The van der Waals surface area contributed by atoms with Gasteiger partial charge in [-0.1, -0.05) is 12.8 Å². The highest BCUT2D eigenvalue weighted by molar-refractivity contribution is 5.97. The Kier molecular flexibility index (Phi) is 5.28. The first-order valence-corrected chi connectivity index (χ1v) is 8.69. The highest BCUT2D eigenvalue weighted by Crippen LogP contribution is 2.38. The van der Waals surface area contributed by atoms with Gasteiger partial charge in [0.25, 0.3) is 0 Å². The number of hydrogen-bond acceptors (Lipinski definition) is 5. The normalized spacial score (nSPS) is 14.6. The Bertz CT molecular complexity index is 917. The summed E-state index contributed by atoms with van der Waals surface area (Å²) in [6, 6.07) is 16.1. The van der Waals surface area contributed by atoms with Crippen LogP contribution < -0.4 is 14.8 Å². The summed E-state index contributed by atoms with van der Waals surface area (Å²) >= 11 is 0. The van der Waals surface area contributed by atoms with Crippen LogP contribution in [0.4, 0.5) is 5.69 Å². The molecule has 0 aromatic heterocycles. The number of anilines is 1. The zero-order chi connectivity index (χ0) is 19.3. The molecular weight excluding hydrogens is 342 g/mol. The van der Waals surface area contributed by atoms with E-state index in [0.717, 1.165) is 12.8 Å². The molecule has 2 aromatic rings. The van der Waals surface area contributed by atoms with Crippen molar-refractivity contribution in [3.05, 3.63) is 48.0 Å². The van der Waals surface area contributed by atoms with E-state index in [9.17, 15) is 10.1 Å². The van der Waals surface area contributed by atoms with E-state index in [-0.39, 0.29) is 5.91 Å². The van der Waals surface area contributed by atoms with Crippen LogP contribution in [0.1, 0.15) is 31.2 Å². The molecule has 3 rings (SSSR count). The van der Waals surface area contributed by atoms with Crippen LogP contribution in [0.5, 0.6) is 17.2 Å². The Morgan fingerprint density at radius 3 is 2.37 bits per heavy atom. The van der Waals surface area contributed by atoms with Gasteiger partial charge in [-0.15, -0.1) is 0 Å². The highest BCUT2D eigenvalue weighted by atomic mass is 16.5. The molecular formula is C21H19N3O3. The third kappa shape index (κ3) is 3.86. The molecule has 1 amide bonds. The number of ether oxygens (including phenoxy) is 2. The van der Waals surface area contributed by atoms with Crippen LogP contribution in [0.2, 0.25) is 0 Å². The number of nitrogens with one attached hydrogen (secondary N) is 1. The van der Waals surface area contributed by atoms with E-state index >= 15 is 0 Å². The summed E-state index contributed by atoms with van der Waals surface area (Å²) in [5.74, 6) is 1.27. The summed E-state index contributed by atoms with van der Waals surface area (Å²) in [5.41, 5.74) is 0.182. The van der Waals surface area contributed by atoms with Gasteiger partial charge in [0.15, 0.2) is 11.5 Å². The minimum Gasteiger partial charge on any atom is -0.493 e. The zero-order valence-electron chi connectivity index (χ0n) is 15.0. The number of carbonyl (C=O) groups is 1. The van der Waals surface area contributed by atoms with Crippen LogP contribution in [0, 0.1) is 28.1 Å². The van der Waals surface area contributed by atoms with Crippen LogP contribution in [-0.2, 0) is 4.79 Å². The molecule has 136 valence electrons. The Labute approximate surface area is 157 Å². The van der Waals surface area contributed by atoms with Gasteiger partial charge in [-0.25, -0.2) is 0 Å². The van der Waals surface area contributed by atoms with Gasteiger partial charge in [0.2, 0.25) is 5.91 Å². The molecule has 1 fully saturated rings. The second kappa shape index (κ2) is 7.80. The molecule has 0 unspecified atom stereocenters. The number of hydrogen-bond donors (Lipinski definition) is 1. The summed E-state index contributed by atoms with van der Waals surface area (Å²) in [5, 5.41) is 21.2. The lowest BCUT2D eigenvalue weighted by Crippen LogP contribution is -2.32. The molecule has 0 atom stereocenters. The Hall–Kier alpha value is -3.51. The average molecular weight is 361 g/mol. The van der Waals surface area contributed by atoms with Gasteiger partial charge in [0.1, 0.15) is 11.2 Å². The number of methoxy groups -OCH3 is 1. The Morgan fingerprint density at radius 1 is 1.07 bits per heavy atom. The zero-order valence-corrected chi connectivity index (χ0v) is 15.0. The minimum atomic E-state index is -0.912. The number of nitrogens with zero attached hydrogens (tertiary/aromatic N) is 2. The topological polar surface area (TPSA) is 95.1 Å². The number of benzene rings is 2. The fraction of sp³-hybridized carbons (Fsp3) is 0.286. The van der Waals surface area contributed by atoms with Crippen LogP contribution >= 0.6 is 0 Å². The molecule has 6 heteroatoms. The summed E-state index contributed by atoms with van der Waals surface area (Å²) in [4.78, 5) is 12.5. The van der Waals surface area contributed by atoms with Crippen molar-refractivity contribution in [2.75, 3.05) is 12.4 Å². The first-order valence-electron chi connectivity index (χ1n) is 8.69. The van der Waals surface area contributed by atoms with Crippen molar-refractivity contribution < 1.29 is 14.3 Å². The van der Waals surface area contributed by atoms with E-state index in [4.69, 9.17) is 14.7 Å². The van der Waals surface area contributed by atoms with Gasteiger partial charge in [0.05, 0.1) is 24.8 Å². The number of nitriles is 2. The van der Waals surface area contributed by atoms with Gasteiger partial charge in [-0.3, -0.25) is 4.79 Å². The first-order chi connectivity index (χ1) is 13.1. The first kappa shape index (κ1) is 18.3. The lowest BCUT2D eigenvalue weighted by atomic mass is 9.87. The fourth-order valence-corrected chi connectivity index (χ4v) is 3.17. The molecule has 6 nitrogen and oxygen atoms in total. The molecule has 2 aromatic carbocycles. The lowest BCUT2D eigenvalue weighted by Gasteiger charge is -2.19. The highest BCUT2D eigenvalue weighted by Gasteiger charge is 2.41. The Balaban J connectivity index is 1.70. The second-order valence-electron chi connectivity index (χ2n) is 6.46. The largest absolute Gasteiger partial charge is 0.493 e. The second-order valence-corrected chi connectivity index (χ2v) is 6.46. The van der Waals surface area contributed by atoms with Crippen LogP contribution in [0.15, 0.2) is 42.5 Å². The molecule has 0 saturated heterocycles. The number of carbonyl (C=O) groups excluding carboxylic acids is 1. The van der Waals surface area contributed by atoms with Crippen molar-refractivity contribution in [2.24, 2.45) is 5.41 Å². The molecule has 1 N–H and O–H groups in total. The lowest BCUT2D eigenvalue weighted by molar-refractivity contribution is -0.122. The van der Waals surface area contributed by atoms with Crippen molar-refractivity contribution in [1.82, 2.24) is 0 Å². The summed E-state index contributed by atoms with van der Waals surface area (Å²) < 4.78 is 11.1. The van der Waals surface area contributed by atoms with Gasteiger partial charge >= 0.3 is 0 Å². The maximum absolute atomic E-state index is 12.5.